The van der Waals surface area contributed by atoms with Crippen LogP contribution in [0.5, 0.6) is 11.6 Å². The van der Waals surface area contributed by atoms with Gasteiger partial charge in [-0.3, -0.25) is 0 Å². The molecule has 0 atom stereocenters. The van der Waals surface area contributed by atoms with E-state index >= 15 is 0 Å². The molecule has 1 heterocycles. The maximum atomic E-state index is 5.61. The number of ether oxygens (including phenoxy) is 1. The van der Waals surface area contributed by atoms with Crippen molar-refractivity contribution in [3.05, 3.63) is 46.0 Å². The average Bonchev–Trinajstić information content (AvgIpc) is 2.25. The van der Waals surface area contributed by atoms with E-state index in [0.29, 0.717) is 16.8 Å². The Kier molecular flexibility index (Phi) is 3.18. The van der Waals surface area contributed by atoms with Gasteiger partial charge in [-0.05, 0) is 34.1 Å². The molecule has 0 aliphatic carbocycles. The minimum atomic E-state index is 0.342. The Labute approximate surface area is 100 Å². The lowest BCUT2D eigenvalue weighted by atomic mass is 10.3. The second-order valence-corrected chi connectivity index (χ2v) is 3.97. The zero-order valence-electron chi connectivity index (χ0n) is 7.52. The molecule has 3 nitrogen and oxygen atoms in total. The Hall–Kier alpha value is -1.13. The lowest BCUT2D eigenvalue weighted by Gasteiger charge is -2.04. The molecule has 0 spiro atoms. The first-order chi connectivity index (χ1) is 7.25. The number of benzene rings is 1. The van der Waals surface area contributed by atoms with E-state index in [1.54, 1.807) is 12.1 Å². The predicted octanol–water partition coefficient (Wildman–Crippen LogP) is 3.68. The van der Waals surface area contributed by atoms with Gasteiger partial charge in [-0.2, -0.15) is 0 Å². The fourth-order valence-electron chi connectivity index (χ4n) is 0.998. The third kappa shape index (κ3) is 2.67. The molecule has 0 saturated heterocycles. The summed E-state index contributed by atoms with van der Waals surface area (Å²) >= 11 is 8.98. The fraction of sp³-hybridized carbons (Fsp3) is 0. The molecule has 1 aromatic carbocycles. The van der Waals surface area contributed by atoms with Crippen LogP contribution in [-0.4, -0.2) is 10.2 Å². The molecule has 0 aliphatic heterocycles. The van der Waals surface area contributed by atoms with Crippen LogP contribution < -0.4 is 4.74 Å². The van der Waals surface area contributed by atoms with Gasteiger partial charge in [-0.25, -0.2) is 0 Å². The molecule has 0 unspecified atom stereocenters. The van der Waals surface area contributed by atoms with Gasteiger partial charge in [0.2, 0.25) is 5.88 Å². The largest absolute Gasteiger partial charge is 0.436 e. The summed E-state index contributed by atoms with van der Waals surface area (Å²) in [4.78, 5) is 0. The van der Waals surface area contributed by atoms with E-state index < -0.39 is 0 Å². The van der Waals surface area contributed by atoms with Gasteiger partial charge in [0, 0.05) is 6.07 Å². The lowest BCUT2D eigenvalue weighted by Crippen LogP contribution is -1.90. The first kappa shape index (κ1) is 10.4. The van der Waals surface area contributed by atoms with Crippen LogP contribution in [0.15, 0.2) is 40.9 Å². The van der Waals surface area contributed by atoms with Crippen molar-refractivity contribution in [3.63, 3.8) is 0 Å². The molecule has 2 rings (SSSR count). The molecule has 0 aliphatic rings. The Morgan fingerprint density at radius 1 is 1.07 bits per heavy atom. The molecular formula is C10H6BrClN2O. The van der Waals surface area contributed by atoms with E-state index in [0.717, 1.165) is 4.47 Å². The molecule has 0 saturated carbocycles. The highest BCUT2D eigenvalue weighted by Gasteiger charge is 2.02. The highest BCUT2D eigenvalue weighted by atomic mass is 79.9. The predicted molar refractivity (Wildman–Crippen MR) is 61.3 cm³/mol. The smallest absolute Gasteiger partial charge is 0.238 e. The molecule has 0 bridgehead atoms. The van der Waals surface area contributed by atoms with Gasteiger partial charge in [0.15, 0.2) is 5.15 Å². The van der Waals surface area contributed by atoms with Gasteiger partial charge in [0.25, 0.3) is 0 Å². The average molecular weight is 286 g/mol. The number of para-hydroxylation sites is 1. The van der Waals surface area contributed by atoms with Crippen molar-refractivity contribution in [1.29, 1.82) is 0 Å². The second kappa shape index (κ2) is 4.59. The molecular weight excluding hydrogens is 279 g/mol. The number of rotatable bonds is 2. The van der Waals surface area contributed by atoms with Crippen molar-refractivity contribution in [2.45, 2.75) is 0 Å². The summed E-state index contributed by atoms with van der Waals surface area (Å²) in [6.45, 7) is 0. The summed E-state index contributed by atoms with van der Waals surface area (Å²) in [5.41, 5.74) is 0. The van der Waals surface area contributed by atoms with Gasteiger partial charge in [-0.1, -0.05) is 23.7 Å². The molecule has 5 heteroatoms. The van der Waals surface area contributed by atoms with Crippen molar-refractivity contribution in [2.24, 2.45) is 0 Å². The summed E-state index contributed by atoms with van der Waals surface area (Å²) in [5.74, 6) is 1.10. The topological polar surface area (TPSA) is 35.0 Å². The highest BCUT2D eigenvalue weighted by molar-refractivity contribution is 9.10. The van der Waals surface area contributed by atoms with Crippen LogP contribution in [0, 0.1) is 0 Å². The minimum absolute atomic E-state index is 0.342. The van der Waals surface area contributed by atoms with E-state index in [2.05, 4.69) is 26.1 Å². The van der Waals surface area contributed by atoms with Crippen LogP contribution in [0.2, 0.25) is 5.15 Å². The van der Waals surface area contributed by atoms with Gasteiger partial charge in [0.05, 0.1) is 4.47 Å². The van der Waals surface area contributed by atoms with E-state index in [-0.39, 0.29) is 0 Å². The summed E-state index contributed by atoms with van der Waals surface area (Å²) in [6.07, 6.45) is 0. The fourth-order valence-corrected chi connectivity index (χ4v) is 1.46. The number of aromatic nitrogens is 2. The minimum Gasteiger partial charge on any atom is -0.436 e. The number of nitrogens with zero attached hydrogens (tertiary/aromatic N) is 2. The maximum absolute atomic E-state index is 5.61. The van der Waals surface area contributed by atoms with Crippen molar-refractivity contribution in [2.75, 3.05) is 0 Å². The van der Waals surface area contributed by atoms with Crippen LogP contribution in [0.4, 0.5) is 0 Å². The van der Waals surface area contributed by atoms with Gasteiger partial charge in [0.1, 0.15) is 5.75 Å². The first-order valence-corrected chi connectivity index (χ1v) is 5.34. The Balaban J connectivity index is 2.22. The first-order valence-electron chi connectivity index (χ1n) is 4.17. The molecule has 0 N–H and O–H groups in total. The molecule has 0 amide bonds. The van der Waals surface area contributed by atoms with Crippen molar-refractivity contribution < 1.29 is 4.74 Å². The standard InChI is InChI=1S/C10H6BrClN2O/c11-7-3-1-2-4-8(7)15-10-6-5-9(12)13-14-10/h1-6H. The van der Waals surface area contributed by atoms with Gasteiger partial charge < -0.3 is 4.74 Å². The third-order valence-corrected chi connectivity index (χ3v) is 2.52. The van der Waals surface area contributed by atoms with Gasteiger partial charge >= 0.3 is 0 Å². The quantitative estimate of drug-likeness (QED) is 0.844. The van der Waals surface area contributed by atoms with Crippen LogP contribution in [-0.2, 0) is 0 Å². The zero-order chi connectivity index (χ0) is 10.7. The summed E-state index contributed by atoms with van der Waals surface area (Å²) < 4.78 is 6.35. The summed E-state index contributed by atoms with van der Waals surface area (Å²) in [7, 11) is 0. The number of hydrogen-bond donors (Lipinski definition) is 0. The van der Waals surface area contributed by atoms with Gasteiger partial charge in [-0.15, -0.1) is 10.2 Å². The molecule has 15 heavy (non-hydrogen) atoms. The highest BCUT2D eigenvalue weighted by Crippen LogP contribution is 2.27. The van der Waals surface area contributed by atoms with Crippen molar-refractivity contribution in [3.8, 4) is 11.6 Å². The second-order valence-electron chi connectivity index (χ2n) is 2.73. The SMILES string of the molecule is Clc1ccc(Oc2ccccc2Br)nn1. The van der Waals surface area contributed by atoms with Crippen LogP contribution in [0.1, 0.15) is 0 Å². The Morgan fingerprint density at radius 2 is 1.87 bits per heavy atom. The van der Waals surface area contributed by atoms with E-state index in [9.17, 15) is 0 Å². The van der Waals surface area contributed by atoms with Crippen LogP contribution in [0.3, 0.4) is 0 Å². The van der Waals surface area contributed by atoms with E-state index in [1.165, 1.54) is 0 Å². The van der Waals surface area contributed by atoms with Crippen LogP contribution in [0.25, 0.3) is 0 Å². The molecule has 0 radical (unpaired) electrons. The normalized spacial score (nSPS) is 10.0. The van der Waals surface area contributed by atoms with E-state index in [4.69, 9.17) is 16.3 Å². The van der Waals surface area contributed by atoms with Crippen molar-refractivity contribution in [1.82, 2.24) is 10.2 Å². The summed E-state index contributed by atoms with van der Waals surface area (Å²) in [5, 5.41) is 7.81. The maximum Gasteiger partial charge on any atom is 0.238 e. The number of hydrogen-bond acceptors (Lipinski definition) is 3. The zero-order valence-corrected chi connectivity index (χ0v) is 9.86. The van der Waals surface area contributed by atoms with Crippen molar-refractivity contribution >= 4 is 27.5 Å². The number of halogens is 2. The Bertz CT molecular complexity index is 461. The summed E-state index contributed by atoms with van der Waals surface area (Å²) in [6, 6.07) is 10.8. The molecule has 2 aromatic rings. The monoisotopic (exact) mass is 284 g/mol. The lowest BCUT2D eigenvalue weighted by molar-refractivity contribution is 0.452. The molecule has 76 valence electrons. The molecule has 0 fully saturated rings. The Morgan fingerprint density at radius 3 is 2.53 bits per heavy atom. The molecule has 1 aromatic heterocycles. The van der Waals surface area contributed by atoms with E-state index in [1.807, 2.05) is 24.3 Å². The third-order valence-electron chi connectivity index (χ3n) is 1.66. The van der Waals surface area contributed by atoms with Crippen LogP contribution >= 0.6 is 27.5 Å².